The molecular formula is C20H21N3O4. The van der Waals surface area contributed by atoms with Crippen LogP contribution in [0.25, 0.3) is 10.8 Å². The van der Waals surface area contributed by atoms with Gasteiger partial charge in [0.2, 0.25) is 11.8 Å². The van der Waals surface area contributed by atoms with Gasteiger partial charge < -0.3 is 20.5 Å². The number of benzene rings is 1. The average molecular weight is 367 g/mol. The van der Waals surface area contributed by atoms with Crippen LogP contribution in [-0.2, 0) is 4.79 Å². The van der Waals surface area contributed by atoms with E-state index < -0.39 is 5.91 Å². The molecule has 2 aromatic rings. The zero-order chi connectivity index (χ0) is 19.6. The van der Waals surface area contributed by atoms with Crippen LogP contribution >= 0.6 is 0 Å². The van der Waals surface area contributed by atoms with Gasteiger partial charge in [0, 0.05) is 23.4 Å². The number of nitrogens with zero attached hydrogens (tertiary/aromatic N) is 1. The summed E-state index contributed by atoms with van der Waals surface area (Å²) in [7, 11) is 1.45. The molecule has 0 aliphatic carbocycles. The summed E-state index contributed by atoms with van der Waals surface area (Å²) in [5, 5.41) is 4.17. The van der Waals surface area contributed by atoms with E-state index in [4.69, 9.17) is 21.6 Å². The number of terminal acetylenes is 1. The molecule has 2 amide bonds. The molecule has 1 saturated heterocycles. The van der Waals surface area contributed by atoms with E-state index in [0.29, 0.717) is 41.0 Å². The van der Waals surface area contributed by atoms with Crippen LogP contribution in [0.3, 0.4) is 0 Å². The van der Waals surface area contributed by atoms with Gasteiger partial charge in [-0.1, -0.05) is 19.3 Å². The second-order valence-electron chi connectivity index (χ2n) is 6.44. The van der Waals surface area contributed by atoms with Crippen molar-refractivity contribution < 1.29 is 19.1 Å². The highest BCUT2D eigenvalue weighted by molar-refractivity contribution is 6.03. The van der Waals surface area contributed by atoms with Crippen molar-refractivity contribution in [3.05, 3.63) is 29.5 Å². The van der Waals surface area contributed by atoms with Gasteiger partial charge in [0.1, 0.15) is 12.4 Å². The maximum absolute atomic E-state index is 11.7. The van der Waals surface area contributed by atoms with Crippen LogP contribution in [0.1, 0.15) is 35.7 Å². The Morgan fingerprint density at radius 3 is 2.85 bits per heavy atom. The molecule has 7 nitrogen and oxygen atoms in total. The van der Waals surface area contributed by atoms with E-state index in [1.54, 1.807) is 12.1 Å². The summed E-state index contributed by atoms with van der Waals surface area (Å²) in [4.78, 5) is 27.7. The first-order valence-electron chi connectivity index (χ1n) is 8.67. The van der Waals surface area contributed by atoms with Crippen molar-refractivity contribution in [2.75, 3.05) is 13.7 Å². The summed E-state index contributed by atoms with van der Waals surface area (Å²) >= 11 is 0. The van der Waals surface area contributed by atoms with E-state index >= 15 is 0 Å². The van der Waals surface area contributed by atoms with Crippen molar-refractivity contribution in [1.82, 2.24) is 10.3 Å². The third kappa shape index (κ3) is 3.51. The van der Waals surface area contributed by atoms with Gasteiger partial charge in [-0.15, -0.1) is 6.42 Å². The lowest BCUT2D eigenvalue weighted by Gasteiger charge is -2.19. The highest BCUT2D eigenvalue weighted by Crippen LogP contribution is 2.33. The lowest BCUT2D eigenvalue weighted by molar-refractivity contribution is -0.119. The number of ether oxygens (including phenoxy) is 2. The standard InChI is InChI=1S/C20H21N3O4/c1-4-11-6-18(24)23-16(11)10-27-20-14-8-17(26-3)15(19(21)25)7-13(14)12(5-2)9-22-20/h2,7-9,11,16H,4,6,10H2,1,3H3,(H2,21,25)(H,23,24). The molecule has 0 radical (unpaired) electrons. The number of pyridine rings is 1. The number of hydrogen-bond donors (Lipinski definition) is 2. The Kier molecular flexibility index (Phi) is 5.17. The van der Waals surface area contributed by atoms with Crippen molar-refractivity contribution in [1.29, 1.82) is 0 Å². The fraction of sp³-hybridized carbons (Fsp3) is 0.350. The average Bonchev–Trinajstić information content (AvgIpc) is 3.04. The molecule has 0 bridgehead atoms. The van der Waals surface area contributed by atoms with Crippen LogP contribution in [-0.4, -0.2) is 36.6 Å². The van der Waals surface area contributed by atoms with E-state index in [0.717, 1.165) is 6.42 Å². The van der Waals surface area contributed by atoms with Crippen molar-refractivity contribution in [2.24, 2.45) is 11.7 Å². The molecule has 1 aliphatic heterocycles. The number of carbonyl (C=O) groups is 2. The number of nitrogens with one attached hydrogen (secondary N) is 1. The molecule has 1 aliphatic rings. The maximum Gasteiger partial charge on any atom is 0.252 e. The lowest BCUT2D eigenvalue weighted by atomic mass is 9.98. The molecule has 0 spiro atoms. The van der Waals surface area contributed by atoms with Gasteiger partial charge >= 0.3 is 0 Å². The van der Waals surface area contributed by atoms with Gasteiger partial charge in [0.25, 0.3) is 5.91 Å². The van der Waals surface area contributed by atoms with E-state index in [-0.39, 0.29) is 23.4 Å². The Balaban J connectivity index is 1.99. The lowest BCUT2D eigenvalue weighted by Crippen LogP contribution is -2.34. The van der Waals surface area contributed by atoms with Crippen LogP contribution in [0.5, 0.6) is 11.6 Å². The van der Waals surface area contributed by atoms with Gasteiger partial charge in [-0.05, 0) is 18.1 Å². The predicted molar refractivity (Wildman–Crippen MR) is 101 cm³/mol. The van der Waals surface area contributed by atoms with E-state index in [1.807, 2.05) is 6.92 Å². The number of amides is 2. The molecular weight excluding hydrogens is 346 g/mol. The predicted octanol–water partition coefficient (Wildman–Crippen LogP) is 1.62. The first kappa shape index (κ1) is 18.5. The molecule has 1 aromatic carbocycles. The number of fused-ring (bicyclic) bond motifs is 1. The highest BCUT2D eigenvalue weighted by Gasteiger charge is 2.31. The molecule has 0 saturated carbocycles. The second-order valence-corrected chi connectivity index (χ2v) is 6.44. The summed E-state index contributed by atoms with van der Waals surface area (Å²) < 4.78 is 11.2. The zero-order valence-electron chi connectivity index (χ0n) is 15.2. The molecule has 2 unspecified atom stereocenters. The molecule has 2 atom stereocenters. The van der Waals surface area contributed by atoms with E-state index in [9.17, 15) is 9.59 Å². The van der Waals surface area contributed by atoms with Gasteiger partial charge in [-0.25, -0.2) is 4.98 Å². The van der Waals surface area contributed by atoms with Gasteiger partial charge in [-0.2, -0.15) is 0 Å². The minimum atomic E-state index is -0.615. The molecule has 27 heavy (non-hydrogen) atoms. The summed E-state index contributed by atoms with van der Waals surface area (Å²) in [6.07, 6.45) is 8.46. The number of methoxy groups -OCH3 is 1. The van der Waals surface area contributed by atoms with Gasteiger partial charge in [-0.3, -0.25) is 9.59 Å². The van der Waals surface area contributed by atoms with Crippen molar-refractivity contribution in [3.8, 4) is 24.0 Å². The normalized spacial score (nSPS) is 18.8. The van der Waals surface area contributed by atoms with Crippen molar-refractivity contribution in [3.63, 3.8) is 0 Å². The van der Waals surface area contributed by atoms with E-state index in [1.165, 1.54) is 13.3 Å². The maximum atomic E-state index is 11.7. The van der Waals surface area contributed by atoms with Crippen LogP contribution in [0.15, 0.2) is 18.3 Å². The second kappa shape index (κ2) is 7.54. The van der Waals surface area contributed by atoms with Gasteiger partial charge in [0.05, 0.1) is 24.3 Å². The molecule has 140 valence electrons. The first-order valence-corrected chi connectivity index (χ1v) is 8.67. The third-order valence-electron chi connectivity index (χ3n) is 4.88. The number of rotatable bonds is 6. The van der Waals surface area contributed by atoms with Crippen molar-refractivity contribution >= 4 is 22.6 Å². The molecule has 2 heterocycles. The fourth-order valence-corrected chi connectivity index (χ4v) is 3.37. The van der Waals surface area contributed by atoms with Crippen molar-refractivity contribution in [2.45, 2.75) is 25.8 Å². The Morgan fingerprint density at radius 1 is 1.44 bits per heavy atom. The Morgan fingerprint density at radius 2 is 2.22 bits per heavy atom. The van der Waals surface area contributed by atoms with Crippen LogP contribution in [0.4, 0.5) is 0 Å². The van der Waals surface area contributed by atoms with E-state index in [2.05, 4.69) is 16.2 Å². The summed E-state index contributed by atoms with van der Waals surface area (Å²) in [6.45, 7) is 2.34. The summed E-state index contributed by atoms with van der Waals surface area (Å²) in [5.41, 5.74) is 6.18. The summed E-state index contributed by atoms with van der Waals surface area (Å²) in [6, 6.07) is 3.16. The Hall–Kier alpha value is -3.27. The smallest absolute Gasteiger partial charge is 0.252 e. The third-order valence-corrected chi connectivity index (χ3v) is 4.88. The van der Waals surface area contributed by atoms with Crippen LogP contribution < -0.4 is 20.5 Å². The minimum Gasteiger partial charge on any atom is -0.496 e. The number of aromatic nitrogens is 1. The number of hydrogen-bond acceptors (Lipinski definition) is 5. The van der Waals surface area contributed by atoms with Crippen LogP contribution in [0, 0.1) is 18.3 Å². The number of nitrogens with two attached hydrogens (primary N) is 1. The Labute approximate surface area is 157 Å². The fourth-order valence-electron chi connectivity index (χ4n) is 3.37. The molecule has 1 aromatic heterocycles. The highest BCUT2D eigenvalue weighted by atomic mass is 16.5. The number of primary amides is 1. The topological polar surface area (TPSA) is 104 Å². The van der Waals surface area contributed by atoms with Crippen LogP contribution in [0.2, 0.25) is 0 Å². The summed E-state index contributed by atoms with van der Waals surface area (Å²) in [5.74, 6) is 2.87. The zero-order valence-corrected chi connectivity index (χ0v) is 15.2. The molecule has 3 rings (SSSR count). The minimum absolute atomic E-state index is 0.0312. The molecule has 3 N–H and O–H groups in total. The van der Waals surface area contributed by atoms with Gasteiger partial charge in [0.15, 0.2) is 0 Å². The molecule has 1 fully saturated rings. The first-order chi connectivity index (χ1) is 13.0. The number of carbonyl (C=O) groups excluding carboxylic acids is 2. The monoisotopic (exact) mass is 367 g/mol. The largest absolute Gasteiger partial charge is 0.496 e. The SMILES string of the molecule is C#Cc1cnc(OCC2NC(=O)CC2CC)c2cc(OC)c(C(N)=O)cc12. The molecule has 7 heteroatoms. The Bertz CT molecular complexity index is 948. The quantitative estimate of drug-likeness (QED) is 0.755.